The molecule has 2 heteroatoms. The van der Waals surface area contributed by atoms with Gasteiger partial charge in [-0.1, -0.05) is 35.9 Å². The van der Waals surface area contributed by atoms with E-state index >= 15 is 0 Å². The van der Waals surface area contributed by atoms with Crippen LogP contribution in [0.5, 0.6) is 0 Å². The second-order valence-electron chi connectivity index (χ2n) is 3.10. The number of benzene rings is 1. The summed E-state index contributed by atoms with van der Waals surface area (Å²) in [6.07, 6.45) is 3.93. The van der Waals surface area contributed by atoms with Gasteiger partial charge in [-0.25, -0.2) is 5.90 Å². The Labute approximate surface area is 79.0 Å². The number of aryl methyl sites for hydroxylation is 2. The van der Waals surface area contributed by atoms with Gasteiger partial charge >= 0.3 is 0 Å². The van der Waals surface area contributed by atoms with Gasteiger partial charge in [-0.15, -0.1) is 0 Å². The standard InChI is InChI=1S/C11H15NO/c1-9-5-6-10(2)11(8-9)4-3-7-13-12/h3-6,8H,7,12H2,1-2H3/b4-3+. The predicted molar refractivity (Wildman–Crippen MR) is 55.1 cm³/mol. The van der Waals surface area contributed by atoms with Crippen molar-refractivity contribution in [1.29, 1.82) is 0 Å². The van der Waals surface area contributed by atoms with Crippen LogP contribution in [0.3, 0.4) is 0 Å². The molecule has 0 spiro atoms. The van der Waals surface area contributed by atoms with Gasteiger partial charge in [-0.05, 0) is 25.0 Å². The maximum absolute atomic E-state index is 4.91. The summed E-state index contributed by atoms with van der Waals surface area (Å²) in [6.45, 7) is 4.62. The van der Waals surface area contributed by atoms with E-state index in [1.54, 1.807) is 0 Å². The Hall–Kier alpha value is -1.12. The molecular formula is C11H15NO. The van der Waals surface area contributed by atoms with Gasteiger partial charge in [0.25, 0.3) is 0 Å². The van der Waals surface area contributed by atoms with Crippen molar-refractivity contribution >= 4 is 6.08 Å². The fourth-order valence-corrected chi connectivity index (χ4v) is 1.17. The largest absolute Gasteiger partial charge is 0.300 e. The molecule has 0 aliphatic rings. The monoisotopic (exact) mass is 177 g/mol. The van der Waals surface area contributed by atoms with E-state index in [9.17, 15) is 0 Å². The maximum Gasteiger partial charge on any atom is 0.0864 e. The molecule has 2 N–H and O–H groups in total. The Balaban J connectivity index is 2.81. The van der Waals surface area contributed by atoms with E-state index in [1.165, 1.54) is 16.7 Å². The Morgan fingerprint density at radius 1 is 1.38 bits per heavy atom. The average Bonchev–Trinajstić information content (AvgIpc) is 2.11. The normalized spacial score (nSPS) is 11.0. The minimum Gasteiger partial charge on any atom is -0.300 e. The molecule has 0 radical (unpaired) electrons. The van der Waals surface area contributed by atoms with Gasteiger partial charge in [0.05, 0.1) is 6.61 Å². The molecule has 2 nitrogen and oxygen atoms in total. The third-order valence-electron chi connectivity index (χ3n) is 1.92. The summed E-state index contributed by atoms with van der Waals surface area (Å²) in [6, 6.07) is 6.35. The highest BCUT2D eigenvalue weighted by atomic mass is 16.6. The average molecular weight is 177 g/mol. The Morgan fingerprint density at radius 3 is 2.85 bits per heavy atom. The van der Waals surface area contributed by atoms with Gasteiger partial charge in [0.15, 0.2) is 0 Å². The Bertz CT molecular complexity index is 305. The molecule has 1 rings (SSSR count). The van der Waals surface area contributed by atoms with E-state index in [-0.39, 0.29) is 0 Å². The topological polar surface area (TPSA) is 35.2 Å². The lowest BCUT2D eigenvalue weighted by Gasteiger charge is -2.01. The van der Waals surface area contributed by atoms with Crippen molar-refractivity contribution < 1.29 is 4.84 Å². The first-order valence-corrected chi connectivity index (χ1v) is 4.29. The second kappa shape index (κ2) is 4.80. The Morgan fingerprint density at radius 2 is 2.15 bits per heavy atom. The highest BCUT2D eigenvalue weighted by Crippen LogP contribution is 2.11. The molecule has 0 saturated heterocycles. The van der Waals surface area contributed by atoms with Crippen molar-refractivity contribution in [3.63, 3.8) is 0 Å². The molecule has 13 heavy (non-hydrogen) atoms. The van der Waals surface area contributed by atoms with Gasteiger partial charge in [0, 0.05) is 0 Å². The first-order valence-electron chi connectivity index (χ1n) is 4.29. The number of hydrogen-bond acceptors (Lipinski definition) is 2. The molecule has 1 aromatic carbocycles. The van der Waals surface area contributed by atoms with Crippen molar-refractivity contribution in [3.8, 4) is 0 Å². The molecule has 0 atom stereocenters. The summed E-state index contributed by atoms with van der Waals surface area (Å²) in [5.74, 6) is 4.91. The van der Waals surface area contributed by atoms with Gasteiger partial charge in [0.1, 0.15) is 0 Å². The van der Waals surface area contributed by atoms with Gasteiger partial charge in [-0.3, -0.25) is 0 Å². The van der Waals surface area contributed by atoms with E-state index in [1.807, 2.05) is 12.2 Å². The fraction of sp³-hybridized carbons (Fsp3) is 0.273. The van der Waals surface area contributed by atoms with Crippen molar-refractivity contribution in [2.75, 3.05) is 6.61 Å². The predicted octanol–water partition coefficient (Wildman–Crippen LogP) is 2.21. The van der Waals surface area contributed by atoms with Crippen LogP contribution in [0.25, 0.3) is 6.08 Å². The van der Waals surface area contributed by atoms with Crippen molar-refractivity contribution in [2.45, 2.75) is 13.8 Å². The molecule has 1 aromatic rings. The van der Waals surface area contributed by atoms with Crippen LogP contribution in [-0.4, -0.2) is 6.61 Å². The first-order chi connectivity index (χ1) is 6.24. The molecule has 0 fully saturated rings. The third-order valence-corrected chi connectivity index (χ3v) is 1.92. The lowest BCUT2D eigenvalue weighted by Crippen LogP contribution is -1.97. The van der Waals surface area contributed by atoms with Crippen LogP contribution >= 0.6 is 0 Å². The molecule has 70 valence electrons. The highest BCUT2D eigenvalue weighted by Gasteiger charge is 1.93. The second-order valence-corrected chi connectivity index (χ2v) is 3.10. The molecule has 0 aliphatic carbocycles. The summed E-state index contributed by atoms with van der Waals surface area (Å²) in [4.78, 5) is 4.45. The van der Waals surface area contributed by atoms with Crippen LogP contribution in [0.1, 0.15) is 16.7 Å². The number of hydrogen-bond donors (Lipinski definition) is 1. The summed E-state index contributed by atoms with van der Waals surface area (Å²) < 4.78 is 0. The minimum atomic E-state index is 0.452. The SMILES string of the molecule is Cc1ccc(C)c(/C=C/CON)c1. The molecule has 0 bridgehead atoms. The smallest absolute Gasteiger partial charge is 0.0864 e. The zero-order valence-corrected chi connectivity index (χ0v) is 8.08. The van der Waals surface area contributed by atoms with E-state index in [2.05, 4.69) is 36.9 Å². The Kier molecular flexibility index (Phi) is 3.68. The van der Waals surface area contributed by atoms with Crippen LogP contribution in [0.15, 0.2) is 24.3 Å². The molecule has 0 aromatic heterocycles. The van der Waals surface area contributed by atoms with Crippen LogP contribution in [0, 0.1) is 13.8 Å². The third kappa shape index (κ3) is 3.01. The van der Waals surface area contributed by atoms with Crippen LogP contribution in [0.2, 0.25) is 0 Å². The van der Waals surface area contributed by atoms with E-state index in [0.29, 0.717) is 6.61 Å². The molecule has 0 heterocycles. The maximum atomic E-state index is 4.91. The van der Waals surface area contributed by atoms with Gasteiger partial charge < -0.3 is 4.84 Å². The molecule has 0 unspecified atom stereocenters. The molecular weight excluding hydrogens is 162 g/mol. The number of rotatable bonds is 3. The molecule has 0 saturated carbocycles. The van der Waals surface area contributed by atoms with Crippen LogP contribution < -0.4 is 5.90 Å². The molecule has 0 amide bonds. The summed E-state index contributed by atoms with van der Waals surface area (Å²) >= 11 is 0. The van der Waals surface area contributed by atoms with Crippen molar-refractivity contribution in [3.05, 3.63) is 41.0 Å². The first kappa shape index (κ1) is 9.96. The lowest BCUT2D eigenvalue weighted by atomic mass is 10.1. The van der Waals surface area contributed by atoms with E-state index in [4.69, 9.17) is 5.90 Å². The minimum absolute atomic E-state index is 0.452. The van der Waals surface area contributed by atoms with Gasteiger partial charge in [-0.2, -0.15) is 0 Å². The fourth-order valence-electron chi connectivity index (χ4n) is 1.17. The summed E-state index contributed by atoms with van der Waals surface area (Å²) in [5, 5.41) is 0. The summed E-state index contributed by atoms with van der Waals surface area (Å²) in [5.41, 5.74) is 3.75. The van der Waals surface area contributed by atoms with Gasteiger partial charge in [0.2, 0.25) is 0 Å². The van der Waals surface area contributed by atoms with E-state index in [0.717, 1.165) is 0 Å². The summed E-state index contributed by atoms with van der Waals surface area (Å²) in [7, 11) is 0. The highest BCUT2D eigenvalue weighted by molar-refractivity contribution is 5.54. The quantitative estimate of drug-likeness (QED) is 0.718. The van der Waals surface area contributed by atoms with Crippen LogP contribution in [0.4, 0.5) is 0 Å². The van der Waals surface area contributed by atoms with Crippen LogP contribution in [-0.2, 0) is 4.84 Å². The lowest BCUT2D eigenvalue weighted by molar-refractivity contribution is 0.168. The molecule has 0 aliphatic heterocycles. The van der Waals surface area contributed by atoms with Crippen molar-refractivity contribution in [1.82, 2.24) is 0 Å². The van der Waals surface area contributed by atoms with Crippen molar-refractivity contribution in [2.24, 2.45) is 5.90 Å². The number of nitrogens with two attached hydrogens (primary N) is 1. The zero-order chi connectivity index (χ0) is 9.68. The van der Waals surface area contributed by atoms with E-state index < -0.39 is 0 Å². The zero-order valence-electron chi connectivity index (χ0n) is 8.08.